The lowest BCUT2D eigenvalue weighted by Gasteiger charge is -2.16. The van der Waals surface area contributed by atoms with E-state index in [0.717, 1.165) is 11.3 Å². The maximum atomic E-state index is 12.7. The van der Waals surface area contributed by atoms with Crippen LogP contribution in [-0.4, -0.2) is 37.6 Å². The molecule has 2 amide bonds. The van der Waals surface area contributed by atoms with Crippen LogP contribution in [0.5, 0.6) is 11.5 Å². The highest BCUT2D eigenvalue weighted by Crippen LogP contribution is 2.29. The Morgan fingerprint density at radius 3 is 2.77 bits per heavy atom. The Morgan fingerprint density at radius 2 is 2.00 bits per heavy atom. The first-order chi connectivity index (χ1) is 14.5. The Kier molecular flexibility index (Phi) is 5.31. The fourth-order valence-corrected chi connectivity index (χ4v) is 3.66. The number of methoxy groups -OCH3 is 2. The Labute approximate surface area is 173 Å². The van der Waals surface area contributed by atoms with Gasteiger partial charge in [0, 0.05) is 32.1 Å². The second-order valence-corrected chi connectivity index (χ2v) is 7.20. The zero-order valence-electron chi connectivity index (χ0n) is 17.1. The van der Waals surface area contributed by atoms with Crippen molar-refractivity contribution in [2.45, 2.75) is 19.9 Å². The van der Waals surface area contributed by atoms with E-state index in [0.29, 0.717) is 41.6 Å². The van der Waals surface area contributed by atoms with Gasteiger partial charge in [-0.05, 0) is 35.9 Å². The topological polar surface area (TPSA) is 93.9 Å². The van der Waals surface area contributed by atoms with Crippen molar-refractivity contribution in [2.24, 2.45) is 5.92 Å². The lowest BCUT2D eigenvalue weighted by Crippen LogP contribution is -2.32. The Morgan fingerprint density at radius 1 is 1.20 bits per heavy atom. The lowest BCUT2D eigenvalue weighted by atomic mass is 10.1. The van der Waals surface area contributed by atoms with Gasteiger partial charge < -0.3 is 24.1 Å². The molecular weight excluding hydrogens is 386 g/mol. The summed E-state index contributed by atoms with van der Waals surface area (Å²) in [5.74, 6) is 1.16. The number of nitrogens with zero attached hydrogens (tertiary/aromatic N) is 2. The third-order valence-electron chi connectivity index (χ3n) is 5.20. The van der Waals surface area contributed by atoms with Crippen molar-refractivity contribution in [1.29, 1.82) is 0 Å². The first-order valence-electron chi connectivity index (χ1n) is 9.64. The molecule has 156 valence electrons. The Balaban J connectivity index is 1.41. The zero-order chi connectivity index (χ0) is 21.3. The molecule has 0 saturated carbocycles. The number of oxazole rings is 1. The number of nitrogens with one attached hydrogen (secondary N) is 1. The standard InChI is InChI=1S/C22H23N3O5/c1-13-24-17-10-16(5-7-18(17)30-13)25-12-15(9-21(25)26)22(27)23-11-14-4-6-19(28-2)20(8-14)29-3/h4-8,10,15H,9,11-12H2,1-3H3,(H,23,27). The van der Waals surface area contributed by atoms with Crippen molar-refractivity contribution in [1.82, 2.24) is 10.3 Å². The summed E-state index contributed by atoms with van der Waals surface area (Å²) in [7, 11) is 3.14. The molecule has 1 unspecified atom stereocenters. The van der Waals surface area contributed by atoms with Crippen LogP contribution in [0.15, 0.2) is 40.8 Å². The van der Waals surface area contributed by atoms with Crippen molar-refractivity contribution in [3.8, 4) is 11.5 Å². The van der Waals surface area contributed by atoms with Crippen molar-refractivity contribution >= 4 is 28.6 Å². The Bertz CT molecular complexity index is 1110. The number of carbonyl (C=O) groups excluding carboxylic acids is 2. The monoisotopic (exact) mass is 409 g/mol. The second kappa shape index (κ2) is 8.06. The van der Waals surface area contributed by atoms with Crippen LogP contribution in [0, 0.1) is 12.8 Å². The number of aryl methyl sites for hydroxylation is 1. The van der Waals surface area contributed by atoms with Gasteiger partial charge in [0.25, 0.3) is 0 Å². The number of amides is 2. The number of aromatic nitrogens is 1. The molecule has 8 nitrogen and oxygen atoms in total. The SMILES string of the molecule is COc1ccc(CNC(=O)C2CC(=O)N(c3ccc4oc(C)nc4c3)C2)cc1OC. The molecule has 1 N–H and O–H groups in total. The fourth-order valence-electron chi connectivity index (χ4n) is 3.66. The van der Waals surface area contributed by atoms with Crippen molar-refractivity contribution in [3.63, 3.8) is 0 Å². The zero-order valence-corrected chi connectivity index (χ0v) is 17.1. The molecule has 1 aromatic heterocycles. The fraction of sp³-hybridized carbons (Fsp3) is 0.318. The van der Waals surface area contributed by atoms with E-state index in [1.165, 1.54) is 0 Å². The summed E-state index contributed by atoms with van der Waals surface area (Å²) in [4.78, 5) is 31.1. The van der Waals surface area contributed by atoms with Gasteiger partial charge in [0.15, 0.2) is 23.0 Å². The summed E-state index contributed by atoms with van der Waals surface area (Å²) in [6.07, 6.45) is 0.174. The van der Waals surface area contributed by atoms with Crippen LogP contribution < -0.4 is 19.7 Å². The smallest absolute Gasteiger partial charge is 0.227 e. The summed E-state index contributed by atoms with van der Waals surface area (Å²) in [6, 6.07) is 10.9. The summed E-state index contributed by atoms with van der Waals surface area (Å²) in [6.45, 7) is 2.45. The number of carbonyl (C=O) groups is 2. The third-order valence-corrected chi connectivity index (χ3v) is 5.20. The van der Waals surface area contributed by atoms with Gasteiger partial charge >= 0.3 is 0 Å². The minimum absolute atomic E-state index is 0.0826. The van der Waals surface area contributed by atoms with Gasteiger partial charge in [0.1, 0.15) is 5.52 Å². The van der Waals surface area contributed by atoms with E-state index < -0.39 is 5.92 Å². The highest BCUT2D eigenvalue weighted by molar-refractivity contribution is 6.01. The van der Waals surface area contributed by atoms with E-state index >= 15 is 0 Å². The third kappa shape index (κ3) is 3.80. The van der Waals surface area contributed by atoms with Gasteiger partial charge in [-0.25, -0.2) is 4.98 Å². The van der Waals surface area contributed by atoms with Crippen molar-refractivity contribution in [2.75, 3.05) is 25.7 Å². The maximum Gasteiger partial charge on any atom is 0.227 e. The molecule has 30 heavy (non-hydrogen) atoms. The highest BCUT2D eigenvalue weighted by Gasteiger charge is 2.35. The molecule has 0 bridgehead atoms. The molecule has 0 radical (unpaired) electrons. The lowest BCUT2D eigenvalue weighted by molar-refractivity contribution is -0.126. The largest absolute Gasteiger partial charge is 0.493 e. The minimum Gasteiger partial charge on any atom is -0.493 e. The van der Waals surface area contributed by atoms with E-state index in [1.807, 2.05) is 24.3 Å². The molecule has 1 saturated heterocycles. The van der Waals surface area contributed by atoms with Crippen LogP contribution in [0.3, 0.4) is 0 Å². The number of fused-ring (bicyclic) bond motifs is 1. The van der Waals surface area contributed by atoms with Crippen LogP contribution in [0.25, 0.3) is 11.1 Å². The van der Waals surface area contributed by atoms with E-state index in [2.05, 4.69) is 10.3 Å². The normalized spacial score (nSPS) is 16.2. The van der Waals surface area contributed by atoms with E-state index in [4.69, 9.17) is 13.9 Å². The Hall–Kier alpha value is -3.55. The van der Waals surface area contributed by atoms with Crippen LogP contribution in [-0.2, 0) is 16.1 Å². The summed E-state index contributed by atoms with van der Waals surface area (Å²) < 4.78 is 16.0. The molecule has 1 aliphatic heterocycles. The molecule has 4 rings (SSSR count). The van der Waals surface area contributed by atoms with Crippen LogP contribution in [0.4, 0.5) is 5.69 Å². The highest BCUT2D eigenvalue weighted by atomic mass is 16.5. The summed E-state index contributed by atoms with van der Waals surface area (Å²) in [5.41, 5.74) is 2.97. The number of hydrogen-bond donors (Lipinski definition) is 1. The molecule has 8 heteroatoms. The molecule has 0 spiro atoms. The van der Waals surface area contributed by atoms with E-state index in [-0.39, 0.29) is 18.2 Å². The first kappa shape index (κ1) is 19.8. The van der Waals surface area contributed by atoms with Gasteiger partial charge in [0.2, 0.25) is 11.8 Å². The molecular formula is C22H23N3O5. The molecule has 1 aliphatic rings. The molecule has 0 aliphatic carbocycles. The summed E-state index contributed by atoms with van der Waals surface area (Å²) >= 11 is 0. The van der Waals surface area contributed by atoms with Gasteiger partial charge in [-0.3, -0.25) is 9.59 Å². The number of ether oxygens (including phenoxy) is 2. The molecule has 1 fully saturated rings. The second-order valence-electron chi connectivity index (χ2n) is 7.20. The molecule has 3 aromatic rings. The van der Waals surface area contributed by atoms with Crippen LogP contribution in [0.1, 0.15) is 17.9 Å². The molecule has 2 aromatic carbocycles. The average Bonchev–Trinajstić information content (AvgIpc) is 3.32. The maximum absolute atomic E-state index is 12.7. The van der Waals surface area contributed by atoms with E-state index in [1.54, 1.807) is 38.2 Å². The average molecular weight is 409 g/mol. The van der Waals surface area contributed by atoms with E-state index in [9.17, 15) is 9.59 Å². The van der Waals surface area contributed by atoms with Crippen LogP contribution in [0.2, 0.25) is 0 Å². The van der Waals surface area contributed by atoms with Crippen molar-refractivity contribution in [3.05, 3.63) is 47.9 Å². The van der Waals surface area contributed by atoms with Gasteiger partial charge in [-0.15, -0.1) is 0 Å². The van der Waals surface area contributed by atoms with Gasteiger partial charge in [0.05, 0.1) is 20.1 Å². The minimum atomic E-state index is -0.410. The predicted octanol–water partition coefficient (Wildman–Crippen LogP) is 2.82. The number of anilines is 1. The summed E-state index contributed by atoms with van der Waals surface area (Å²) in [5, 5.41) is 2.91. The predicted molar refractivity (Wildman–Crippen MR) is 111 cm³/mol. The molecule has 1 atom stereocenters. The van der Waals surface area contributed by atoms with Gasteiger partial charge in [-0.2, -0.15) is 0 Å². The van der Waals surface area contributed by atoms with Gasteiger partial charge in [-0.1, -0.05) is 6.07 Å². The number of rotatable bonds is 6. The number of hydrogen-bond acceptors (Lipinski definition) is 6. The van der Waals surface area contributed by atoms with Crippen LogP contribution >= 0.6 is 0 Å². The first-order valence-corrected chi connectivity index (χ1v) is 9.64. The van der Waals surface area contributed by atoms with Crippen molar-refractivity contribution < 1.29 is 23.5 Å². The number of benzene rings is 2. The molecule has 2 heterocycles. The quantitative estimate of drug-likeness (QED) is 0.673.